The summed E-state index contributed by atoms with van der Waals surface area (Å²) in [7, 11) is 1.61. The van der Waals surface area contributed by atoms with Crippen LogP contribution in [0.15, 0.2) is 72.8 Å². The average molecular weight is 581 g/mol. The van der Waals surface area contributed by atoms with Gasteiger partial charge >= 0.3 is 6.03 Å². The molecule has 222 valence electrons. The topological polar surface area (TPSA) is 104 Å². The van der Waals surface area contributed by atoms with Crippen LogP contribution in [0.3, 0.4) is 0 Å². The third-order valence-corrected chi connectivity index (χ3v) is 8.24. The van der Waals surface area contributed by atoms with Crippen LogP contribution in [0, 0.1) is 0 Å². The fraction of sp³-hybridized carbons (Fsp3) is 0.324. The lowest BCUT2D eigenvalue weighted by atomic mass is 9.89. The molecule has 3 heterocycles. The number of benzene rings is 3. The number of hydrogen-bond acceptors (Lipinski definition) is 5. The van der Waals surface area contributed by atoms with Crippen molar-refractivity contribution in [3.8, 4) is 5.75 Å². The molecule has 9 heteroatoms. The summed E-state index contributed by atoms with van der Waals surface area (Å²) in [6.07, 6.45) is 3.26. The average Bonchev–Trinajstić information content (AvgIpc) is 3.53. The van der Waals surface area contributed by atoms with E-state index in [1.807, 2.05) is 48.5 Å². The molecular formula is C34H36N4O5. The summed E-state index contributed by atoms with van der Waals surface area (Å²) in [4.78, 5) is 47.2. The van der Waals surface area contributed by atoms with Gasteiger partial charge in [-0.15, -0.1) is 0 Å². The van der Waals surface area contributed by atoms with Gasteiger partial charge in [-0.05, 0) is 66.4 Å². The molecule has 1 saturated heterocycles. The molecule has 43 heavy (non-hydrogen) atoms. The number of para-hydroxylation sites is 1. The van der Waals surface area contributed by atoms with E-state index in [1.165, 1.54) is 4.90 Å². The second-order valence-electron chi connectivity index (χ2n) is 10.9. The van der Waals surface area contributed by atoms with Gasteiger partial charge in [0.25, 0.3) is 11.8 Å². The van der Waals surface area contributed by atoms with Crippen molar-refractivity contribution >= 4 is 34.4 Å². The molecule has 0 spiro atoms. The number of imide groups is 1. The van der Waals surface area contributed by atoms with Gasteiger partial charge in [-0.2, -0.15) is 0 Å². The monoisotopic (exact) mass is 580 g/mol. The Hall–Kier alpha value is -4.63. The second kappa shape index (κ2) is 12.3. The maximum Gasteiger partial charge on any atom is 0.332 e. The predicted octanol–water partition coefficient (Wildman–Crippen LogP) is 5.60. The van der Waals surface area contributed by atoms with Crippen LogP contribution in [0.4, 0.5) is 10.5 Å². The maximum atomic E-state index is 14.1. The minimum Gasteiger partial charge on any atom is -0.497 e. The molecule has 9 nitrogen and oxygen atoms in total. The van der Waals surface area contributed by atoms with Gasteiger partial charge in [0, 0.05) is 48.3 Å². The summed E-state index contributed by atoms with van der Waals surface area (Å²) in [5.41, 5.74) is 4.65. The number of aromatic amines is 1. The van der Waals surface area contributed by atoms with E-state index >= 15 is 0 Å². The van der Waals surface area contributed by atoms with Gasteiger partial charge in [0.2, 0.25) is 0 Å². The molecule has 0 saturated carbocycles. The zero-order valence-electron chi connectivity index (χ0n) is 24.5. The predicted molar refractivity (Wildman–Crippen MR) is 164 cm³/mol. The minimum atomic E-state index is -0.669. The number of anilines is 1. The molecule has 0 bridgehead atoms. The van der Waals surface area contributed by atoms with Crippen LogP contribution in [0.25, 0.3) is 10.9 Å². The van der Waals surface area contributed by atoms with Crippen LogP contribution in [0.5, 0.6) is 5.75 Å². The molecule has 3 aromatic carbocycles. The Morgan fingerprint density at radius 3 is 2.58 bits per heavy atom. The van der Waals surface area contributed by atoms with Gasteiger partial charge < -0.3 is 19.8 Å². The van der Waals surface area contributed by atoms with E-state index in [2.05, 4.69) is 17.2 Å². The highest BCUT2D eigenvalue weighted by molar-refractivity contribution is 6.22. The summed E-state index contributed by atoms with van der Waals surface area (Å²) in [5.74, 6) is 0.180. The lowest BCUT2D eigenvalue weighted by Gasteiger charge is -2.36. The van der Waals surface area contributed by atoms with E-state index in [-0.39, 0.29) is 11.8 Å². The zero-order valence-corrected chi connectivity index (χ0v) is 24.5. The van der Waals surface area contributed by atoms with Crippen molar-refractivity contribution in [1.82, 2.24) is 15.2 Å². The first kappa shape index (κ1) is 28.5. The number of methoxy groups -OCH3 is 1. The maximum absolute atomic E-state index is 14.1. The Labute approximate surface area is 250 Å². The number of nitrogens with zero attached hydrogens (tertiary/aromatic N) is 2. The number of fused-ring (bicyclic) bond motifs is 4. The van der Waals surface area contributed by atoms with Crippen molar-refractivity contribution in [2.75, 3.05) is 31.8 Å². The van der Waals surface area contributed by atoms with Crippen molar-refractivity contribution in [2.24, 2.45) is 0 Å². The van der Waals surface area contributed by atoms with Crippen LogP contribution < -0.4 is 15.0 Å². The van der Waals surface area contributed by atoms with Crippen LogP contribution in [0.1, 0.15) is 59.4 Å². The lowest BCUT2D eigenvalue weighted by molar-refractivity contribution is -0.120. The summed E-state index contributed by atoms with van der Waals surface area (Å²) < 4.78 is 11.0. The number of rotatable bonds is 11. The highest BCUT2D eigenvalue weighted by atomic mass is 16.5. The molecule has 1 fully saturated rings. The highest BCUT2D eigenvalue weighted by Crippen LogP contribution is 2.45. The Morgan fingerprint density at radius 2 is 1.79 bits per heavy atom. The fourth-order valence-corrected chi connectivity index (χ4v) is 6.06. The largest absolute Gasteiger partial charge is 0.497 e. The summed E-state index contributed by atoms with van der Waals surface area (Å²) in [6, 6.07) is 20.7. The van der Waals surface area contributed by atoms with Gasteiger partial charge in [0.1, 0.15) is 17.8 Å². The number of aromatic nitrogens is 1. The van der Waals surface area contributed by atoms with E-state index in [9.17, 15) is 14.4 Å². The number of carbonyl (C=O) groups is 3. The molecule has 4 aromatic rings. The highest BCUT2D eigenvalue weighted by Gasteiger charge is 2.53. The Balaban J connectivity index is 1.24. The minimum absolute atomic E-state index is 0.208. The van der Waals surface area contributed by atoms with E-state index in [1.54, 1.807) is 36.3 Å². The SMILES string of the molecule is CCCCOCCCNC(=O)c1ccc(N2C(=O)[C@@H]3Cc4c([nH]c5ccccc45)[C@H](c4cccc(OC)c4)N3C2=O)cc1. The standard InChI is InChI=1S/C34H36N4O5/c1-3-4-18-43-19-8-17-35-32(39)22-13-15-24(16-14-22)37-33(40)29-21-27-26-11-5-6-12-28(26)36-30(27)31(38(29)34(37)41)23-9-7-10-25(20-23)42-2/h5-7,9-16,20,29,31,36H,3-4,8,17-19,21H2,1-2H3,(H,35,39)/t29-,31-/m0/s1. The third kappa shape index (κ3) is 5.36. The van der Waals surface area contributed by atoms with Crippen LogP contribution >= 0.6 is 0 Å². The molecule has 1 aromatic heterocycles. The van der Waals surface area contributed by atoms with Gasteiger partial charge in [0.15, 0.2) is 0 Å². The molecular weight excluding hydrogens is 544 g/mol. The summed E-state index contributed by atoms with van der Waals surface area (Å²) in [6.45, 7) is 3.97. The summed E-state index contributed by atoms with van der Waals surface area (Å²) >= 11 is 0. The molecule has 4 amide bonds. The third-order valence-electron chi connectivity index (χ3n) is 8.24. The Morgan fingerprint density at radius 1 is 1.00 bits per heavy atom. The first-order valence-electron chi connectivity index (χ1n) is 14.9. The molecule has 2 aliphatic rings. The van der Waals surface area contributed by atoms with Crippen molar-refractivity contribution in [1.29, 1.82) is 0 Å². The van der Waals surface area contributed by atoms with Crippen LogP contribution in [-0.2, 0) is 16.0 Å². The molecule has 0 radical (unpaired) electrons. The molecule has 0 unspecified atom stereocenters. The quantitative estimate of drug-likeness (QED) is 0.178. The normalized spacial score (nSPS) is 17.7. The number of hydrogen-bond donors (Lipinski definition) is 2. The lowest BCUT2D eigenvalue weighted by Crippen LogP contribution is -2.44. The van der Waals surface area contributed by atoms with Crippen LogP contribution in [0.2, 0.25) is 0 Å². The van der Waals surface area contributed by atoms with Gasteiger partial charge in [-0.1, -0.05) is 43.7 Å². The molecule has 2 aliphatic heterocycles. The molecule has 6 rings (SSSR count). The molecule has 2 N–H and O–H groups in total. The van der Waals surface area contributed by atoms with E-state index in [0.29, 0.717) is 36.6 Å². The Kier molecular flexibility index (Phi) is 8.16. The van der Waals surface area contributed by atoms with E-state index in [4.69, 9.17) is 9.47 Å². The number of ether oxygens (including phenoxy) is 2. The molecule has 2 atom stereocenters. The summed E-state index contributed by atoms with van der Waals surface area (Å²) in [5, 5.41) is 3.95. The van der Waals surface area contributed by atoms with Crippen LogP contribution in [-0.4, -0.2) is 60.6 Å². The van der Waals surface area contributed by atoms with Crippen molar-refractivity contribution < 1.29 is 23.9 Å². The smallest absolute Gasteiger partial charge is 0.332 e. The van der Waals surface area contributed by atoms with Crippen molar-refractivity contribution in [3.63, 3.8) is 0 Å². The van der Waals surface area contributed by atoms with Gasteiger partial charge in [0.05, 0.1) is 12.8 Å². The number of amides is 4. The number of nitrogens with one attached hydrogen (secondary N) is 2. The van der Waals surface area contributed by atoms with Gasteiger partial charge in [-0.25, -0.2) is 9.69 Å². The number of carbonyl (C=O) groups excluding carboxylic acids is 3. The van der Waals surface area contributed by atoms with Crippen molar-refractivity contribution in [3.05, 3.63) is 95.2 Å². The zero-order chi connectivity index (χ0) is 29.9. The van der Waals surface area contributed by atoms with E-state index < -0.39 is 18.1 Å². The second-order valence-corrected chi connectivity index (χ2v) is 10.9. The fourth-order valence-electron chi connectivity index (χ4n) is 6.06. The van der Waals surface area contributed by atoms with Gasteiger partial charge in [-0.3, -0.25) is 14.5 Å². The van der Waals surface area contributed by atoms with Crippen molar-refractivity contribution in [2.45, 2.75) is 44.7 Å². The molecule has 0 aliphatic carbocycles. The number of unbranched alkanes of at least 4 members (excludes halogenated alkanes) is 1. The first-order chi connectivity index (χ1) is 21.0. The first-order valence-corrected chi connectivity index (χ1v) is 14.9. The Bertz CT molecular complexity index is 1650. The number of H-pyrrole nitrogens is 1. The number of urea groups is 1. The van der Waals surface area contributed by atoms with E-state index in [0.717, 1.165) is 53.6 Å².